The minimum Gasteiger partial charge on any atom is -0.343 e. The molecule has 1 rings (SSSR count). The van der Waals surface area contributed by atoms with E-state index in [0.717, 1.165) is 26.2 Å². The fourth-order valence-electron chi connectivity index (χ4n) is 1.34. The number of rotatable bonds is 1. The highest BCUT2D eigenvalue weighted by Gasteiger charge is 2.19. The molecule has 0 spiro atoms. The van der Waals surface area contributed by atoms with Gasteiger partial charge in [-0.3, -0.25) is 4.79 Å². The van der Waals surface area contributed by atoms with Crippen LogP contribution in [0.2, 0.25) is 0 Å². The molecule has 0 aliphatic carbocycles. The summed E-state index contributed by atoms with van der Waals surface area (Å²) < 4.78 is 0. The molecular formula is C8H17N2O+. The molecule has 0 unspecified atom stereocenters. The predicted octanol–water partition coefficient (Wildman–Crippen LogP) is -0.952. The first-order valence-corrected chi connectivity index (χ1v) is 4.32. The number of amides is 1. The van der Waals surface area contributed by atoms with Crippen LogP contribution in [0, 0.1) is 5.92 Å². The largest absolute Gasteiger partial charge is 0.343 e. The van der Waals surface area contributed by atoms with Crippen molar-refractivity contribution in [2.75, 3.05) is 26.2 Å². The van der Waals surface area contributed by atoms with Crippen LogP contribution >= 0.6 is 0 Å². The van der Waals surface area contributed by atoms with E-state index in [1.165, 1.54) is 0 Å². The molecule has 0 aromatic heterocycles. The maximum absolute atomic E-state index is 11.4. The molecule has 1 saturated heterocycles. The lowest BCUT2D eigenvalue weighted by Gasteiger charge is -2.26. The summed E-state index contributed by atoms with van der Waals surface area (Å²) in [6, 6.07) is 0. The van der Waals surface area contributed by atoms with Gasteiger partial charge in [-0.2, -0.15) is 0 Å². The van der Waals surface area contributed by atoms with Crippen molar-refractivity contribution in [3.8, 4) is 0 Å². The minimum absolute atomic E-state index is 0.160. The van der Waals surface area contributed by atoms with Crippen molar-refractivity contribution in [3.05, 3.63) is 0 Å². The first kappa shape index (κ1) is 8.53. The Labute approximate surface area is 67.8 Å². The number of hydrogen-bond donors (Lipinski definition) is 1. The number of nitrogens with two attached hydrogens (primary N) is 1. The molecule has 64 valence electrons. The third-order valence-electron chi connectivity index (χ3n) is 2.01. The number of hydrogen-bond acceptors (Lipinski definition) is 1. The first-order valence-electron chi connectivity index (χ1n) is 4.32. The molecule has 3 nitrogen and oxygen atoms in total. The van der Waals surface area contributed by atoms with Gasteiger partial charge < -0.3 is 10.2 Å². The Balaban J connectivity index is 2.39. The predicted molar refractivity (Wildman–Crippen MR) is 43.1 cm³/mol. The summed E-state index contributed by atoms with van der Waals surface area (Å²) in [6.07, 6.45) is 0. The fraction of sp³-hybridized carbons (Fsp3) is 0.875. The third-order valence-corrected chi connectivity index (χ3v) is 2.01. The SMILES string of the molecule is CC(C)C(=O)N1CC[NH2+]CC1. The van der Waals surface area contributed by atoms with Gasteiger partial charge in [0.05, 0.1) is 26.2 Å². The summed E-state index contributed by atoms with van der Waals surface area (Å²) in [5, 5.41) is 2.25. The van der Waals surface area contributed by atoms with Gasteiger partial charge in [0.1, 0.15) is 0 Å². The highest BCUT2D eigenvalue weighted by atomic mass is 16.2. The Kier molecular flexibility index (Phi) is 2.88. The Morgan fingerprint density at radius 1 is 1.36 bits per heavy atom. The molecule has 0 aromatic carbocycles. The van der Waals surface area contributed by atoms with Gasteiger partial charge in [-0.1, -0.05) is 13.8 Å². The van der Waals surface area contributed by atoms with Crippen LogP contribution in [0.3, 0.4) is 0 Å². The summed E-state index contributed by atoms with van der Waals surface area (Å²) in [5.41, 5.74) is 0. The van der Waals surface area contributed by atoms with Crippen LogP contribution in [0.1, 0.15) is 13.8 Å². The maximum Gasteiger partial charge on any atom is 0.225 e. The molecule has 1 aliphatic heterocycles. The number of carbonyl (C=O) groups is 1. The smallest absolute Gasteiger partial charge is 0.225 e. The number of carbonyl (C=O) groups excluding carboxylic acids is 1. The van der Waals surface area contributed by atoms with Crippen molar-refractivity contribution in [1.82, 2.24) is 4.90 Å². The molecule has 1 amide bonds. The molecule has 11 heavy (non-hydrogen) atoms. The van der Waals surface area contributed by atoms with Gasteiger partial charge in [-0.15, -0.1) is 0 Å². The lowest BCUT2D eigenvalue weighted by atomic mass is 10.2. The standard InChI is InChI=1S/C8H16N2O/c1-7(2)8(11)10-5-3-9-4-6-10/h7,9H,3-6H2,1-2H3/p+1. The van der Waals surface area contributed by atoms with Crippen LogP contribution in [0.25, 0.3) is 0 Å². The van der Waals surface area contributed by atoms with E-state index in [4.69, 9.17) is 0 Å². The second-order valence-corrected chi connectivity index (χ2v) is 3.35. The minimum atomic E-state index is 0.160. The molecule has 0 radical (unpaired) electrons. The molecule has 0 atom stereocenters. The van der Waals surface area contributed by atoms with Gasteiger partial charge in [0.15, 0.2) is 0 Å². The second kappa shape index (κ2) is 3.72. The summed E-state index contributed by atoms with van der Waals surface area (Å²) in [7, 11) is 0. The van der Waals surface area contributed by atoms with E-state index >= 15 is 0 Å². The van der Waals surface area contributed by atoms with Crippen LogP contribution < -0.4 is 5.32 Å². The van der Waals surface area contributed by atoms with E-state index in [9.17, 15) is 4.79 Å². The van der Waals surface area contributed by atoms with E-state index in [0.29, 0.717) is 5.91 Å². The molecule has 0 bridgehead atoms. The second-order valence-electron chi connectivity index (χ2n) is 3.35. The molecule has 2 N–H and O–H groups in total. The molecular weight excluding hydrogens is 140 g/mol. The molecule has 1 heterocycles. The topological polar surface area (TPSA) is 36.9 Å². The van der Waals surface area contributed by atoms with E-state index in [-0.39, 0.29) is 5.92 Å². The van der Waals surface area contributed by atoms with E-state index in [1.54, 1.807) is 0 Å². The summed E-state index contributed by atoms with van der Waals surface area (Å²) in [4.78, 5) is 13.4. The van der Waals surface area contributed by atoms with Crippen LogP contribution in [0.5, 0.6) is 0 Å². The highest BCUT2D eigenvalue weighted by molar-refractivity contribution is 5.78. The Morgan fingerprint density at radius 2 is 1.91 bits per heavy atom. The zero-order chi connectivity index (χ0) is 8.27. The van der Waals surface area contributed by atoms with Gasteiger partial charge in [-0.25, -0.2) is 0 Å². The molecule has 1 fully saturated rings. The van der Waals surface area contributed by atoms with Crippen molar-refractivity contribution in [3.63, 3.8) is 0 Å². The highest BCUT2D eigenvalue weighted by Crippen LogP contribution is 2.00. The fourth-order valence-corrected chi connectivity index (χ4v) is 1.34. The maximum atomic E-state index is 11.4. The number of piperazine rings is 1. The Morgan fingerprint density at radius 3 is 2.36 bits per heavy atom. The molecule has 3 heteroatoms. The van der Waals surface area contributed by atoms with Gasteiger partial charge in [0.25, 0.3) is 0 Å². The lowest BCUT2D eigenvalue weighted by Crippen LogP contribution is -2.90. The third kappa shape index (κ3) is 2.19. The molecule has 0 aromatic rings. The average Bonchev–Trinajstić information content (AvgIpc) is 2.05. The van der Waals surface area contributed by atoms with Crippen LogP contribution in [0.4, 0.5) is 0 Å². The Bertz CT molecular complexity index is 139. The lowest BCUT2D eigenvalue weighted by molar-refractivity contribution is -0.662. The van der Waals surface area contributed by atoms with Crippen molar-refractivity contribution < 1.29 is 10.1 Å². The Hall–Kier alpha value is -0.570. The van der Waals surface area contributed by atoms with Crippen LogP contribution in [-0.4, -0.2) is 37.0 Å². The van der Waals surface area contributed by atoms with E-state index in [2.05, 4.69) is 5.32 Å². The molecule has 1 aliphatic rings. The van der Waals surface area contributed by atoms with Crippen molar-refractivity contribution in [2.24, 2.45) is 5.92 Å². The molecule has 0 saturated carbocycles. The summed E-state index contributed by atoms with van der Waals surface area (Å²) in [5.74, 6) is 0.464. The summed E-state index contributed by atoms with van der Waals surface area (Å²) >= 11 is 0. The average molecular weight is 157 g/mol. The van der Waals surface area contributed by atoms with Gasteiger partial charge in [-0.05, 0) is 0 Å². The van der Waals surface area contributed by atoms with Crippen LogP contribution in [-0.2, 0) is 4.79 Å². The number of nitrogens with zero attached hydrogens (tertiary/aromatic N) is 1. The van der Waals surface area contributed by atoms with Crippen molar-refractivity contribution in [1.29, 1.82) is 0 Å². The van der Waals surface area contributed by atoms with Gasteiger partial charge >= 0.3 is 0 Å². The zero-order valence-corrected chi connectivity index (χ0v) is 7.34. The van der Waals surface area contributed by atoms with Crippen LogP contribution in [0.15, 0.2) is 0 Å². The normalized spacial score (nSPS) is 19.0. The summed E-state index contributed by atoms with van der Waals surface area (Å²) in [6.45, 7) is 7.91. The van der Waals surface area contributed by atoms with E-state index < -0.39 is 0 Å². The number of quaternary nitrogens is 1. The first-order chi connectivity index (χ1) is 5.22. The zero-order valence-electron chi connectivity index (χ0n) is 7.34. The van der Waals surface area contributed by atoms with E-state index in [1.807, 2.05) is 18.7 Å². The van der Waals surface area contributed by atoms with Gasteiger partial charge in [0.2, 0.25) is 5.91 Å². The monoisotopic (exact) mass is 157 g/mol. The quantitative estimate of drug-likeness (QED) is 0.523. The van der Waals surface area contributed by atoms with Crippen molar-refractivity contribution >= 4 is 5.91 Å². The van der Waals surface area contributed by atoms with Gasteiger partial charge in [0, 0.05) is 5.92 Å². The van der Waals surface area contributed by atoms with Crippen molar-refractivity contribution in [2.45, 2.75) is 13.8 Å².